The third kappa shape index (κ3) is 2.05. The lowest BCUT2D eigenvalue weighted by atomic mass is 9.91. The third-order valence-electron chi connectivity index (χ3n) is 3.54. The van der Waals surface area contributed by atoms with Crippen LogP contribution in [0.4, 0.5) is 0 Å². The van der Waals surface area contributed by atoms with Gasteiger partial charge in [-0.3, -0.25) is 4.79 Å². The first kappa shape index (κ1) is 13.2. The highest BCUT2D eigenvalue weighted by molar-refractivity contribution is 6.14. The molecule has 4 nitrogen and oxygen atoms in total. The molecule has 0 unspecified atom stereocenters. The molecule has 0 fully saturated rings. The summed E-state index contributed by atoms with van der Waals surface area (Å²) in [5, 5.41) is 10.1. The van der Waals surface area contributed by atoms with Crippen LogP contribution in [0.5, 0.6) is 17.2 Å². The molecule has 0 aromatic heterocycles. The lowest BCUT2D eigenvalue weighted by Crippen LogP contribution is -2.08. The predicted octanol–water partition coefficient (Wildman–Crippen LogP) is 3.12. The molecular weight excluding hydrogens is 268 g/mol. The van der Waals surface area contributed by atoms with E-state index in [1.807, 2.05) is 12.2 Å². The Labute approximate surface area is 122 Å². The van der Waals surface area contributed by atoms with E-state index < -0.39 is 0 Å². The standard InChI is InChI=1S/C17H14O4/c1-20-14-4-3-5-15(21-2)16(14)17(19)12-8-10-6-7-11(10)9-13(12)18/h3-9,18H,1-2H3. The molecular formula is C17H14O4. The Morgan fingerprint density at radius 3 is 2.10 bits per heavy atom. The minimum absolute atomic E-state index is 0.0453. The van der Waals surface area contributed by atoms with Crippen molar-refractivity contribution in [2.75, 3.05) is 14.2 Å². The molecule has 1 aliphatic carbocycles. The van der Waals surface area contributed by atoms with Gasteiger partial charge < -0.3 is 14.6 Å². The Bertz CT molecular complexity index is 737. The van der Waals surface area contributed by atoms with E-state index in [0.717, 1.165) is 11.1 Å². The van der Waals surface area contributed by atoms with E-state index >= 15 is 0 Å². The molecule has 0 saturated heterocycles. The molecule has 106 valence electrons. The molecule has 0 amide bonds. The average Bonchev–Trinajstić information content (AvgIpc) is 2.49. The summed E-state index contributed by atoms with van der Waals surface area (Å²) in [5.74, 6) is 0.454. The number of methoxy groups -OCH3 is 2. The van der Waals surface area contributed by atoms with Crippen molar-refractivity contribution in [1.82, 2.24) is 0 Å². The number of hydrogen-bond acceptors (Lipinski definition) is 4. The monoisotopic (exact) mass is 282 g/mol. The lowest BCUT2D eigenvalue weighted by Gasteiger charge is -2.16. The van der Waals surface area contributed by atoms with Gasteiger partial charge in [-0.15, -0.1) is 0 Å². The second kappa shape index (κ2) is 4.98. The van der Waals surface area contributed by atoms with Gasteiger partial charge in [-0.05, 0) is 35.4 Å². The van der Waals surface area contributed by atoms with E-state index in [0.29, 0.717) is 17.1 Å². The van der Waals surface area contributed by atoms with Crippen LogP contribution in [0.2, 0.25) is 0 Å². The number of carbonyl (C=O) groups is 1. The molecule has 0 radical (unpaired) electrons. The van der Waals surface area contributed by atoms with Gasteiger partial charge in [0.2, 0.25) is 5.78 Å². The molecule has 0 aliphatic heterocycles. The maximum Gasteiger partial charge on any atom is 0.204 e. The van der Waals surface area contributed by atoms with Crippen molar-refractivity contribution in [2.24, 2.45) is 0 Å². The molecule has 21 heavy (non-hydrogen) atoms. The van der Waals surface area contributed by atoms with E-state index in [9.17, 15) is 9.90 Å². The Balaban J connectivity index is 2.14. The minimum Gasteiger partial charge on any atom is -0.507 e. The Morgan fingerprint density at radius 2 is 1.57 bits per heavy atom. The third-order valence-corrected chi connectivity index (χ3v) is 3.54. The van der Waals surface area contributed by atoms with Gasteiger partial charge in [-0.2, -0.15) is 0 Å². The fourth-order valence-corrected chi connectivity index (χ4v) is 2.38. The number of rotatable bonds is 4. The van der Waals surface area contributed by atoms with Crippen LogP contribution in [0, 0.1) is 0 Å². The van der Waals surface area contributed by atoms with Crippen LogP contribution in [0.25, 0.3) is 12.2 Å². The topological polar surface area (TPSA) is 55.8 Å². The van der Waals surface area contributed by atoms with E-state index in [4.69, 9.17) is 9.47 Å². The first-order chi connectivity index (χ1) is 10.2. The minimum atomic E-state index is -0.329. The van der Waals surface area contributed by atoms with Crippen LogP contribution in [0.3, 0.4) is 0 Å². The van der Waals surface area contributed by atoms with Gasteiger partial charge in [-0.1, -0.05) is 18.2 Å². The van der Waals surface area contributed by atoms with E-state index in [1.54, 1.807) is 30.3 Å². The van der Waals surface area contributed by atoms with E-state index in [-0.39, 0.29) is 17.1 Å². The van der Waals surface area contributed by atoms with Crippen LogP contribution in [-0.4, -0.2) is 25.1 Å². The van der Waals surface area contributed by atoms with Gasteiger partial charge in [0.1, 0.15) is 22.8 Å². The zero-order valence-electron chi connectivity index (χ0n) is 11.7. The molecule has 0 bridgehead atoms. The highest BCUT2D eigenvalue weighted by Gasteiger charge is 2.24. The zero-order valence-corrected chi connectivity index (χ0v) is 11.7. The van der Waals surface area contributed by atoms with Crippen LogP contribution < -0.4 is 9.47 Å². The molecule has 1 aliphatic rings. The molecule has 3 rings (SSSR count). The number of aromatic hydroxyl groups is 1. The summed E-state index contributed by atoms with van der Waals surface area (Å²) in [6.07, 6.45) is 3.78. The number of phenolic OH excluding ortho intramolecular Hbond substituents is 1. The van der Waals surface area contributed by atoms with Crippen LogP contribution in [-0.2, 0) is 0 Å². The number of ether oxygens (including phenoxy) is 2. The predicted molar refractivity (Wildman–Crippen MR) is 80.0 cm³/mol. The summed E-state index contributed by atoms with van der Waals surface area (Å²) in [6.45, 7) is 0. The second-order valence-electron chi connectivity index (χ2n) is 4.70. The van der Waals surface area contributed by atoms with Crippen molar-refractivity contribution in [3.8, 4) is 17.2 Å². The molecule has 0 saturated carbocycles. The number of ketones is 1. The zero-order chi connectivity index (χ0) is 15.0. The number of hydrogen-bond donors (Lipinski definition) is 1. The summed E-state index contributed by atoms with van der Waals surface area (Å²) in [5.41, 5.74) is 2.41. The van der Waals surface area contributed by atoms with Gasteiger partial charge in [-0.25, -0.2) is 0 Å². The molecule has 1 N–H and O–H groups in total. The van der Waals surface area contributed by atoms with Gasteiger partial charge >= 0.3 is 0 Å². The number of fused-ring (bicyclic) bond motifs is 1. The summed E-state index contributed by atoms with van der Waals surface area (Å²) < 4.78 is 10.5. The molecule has 0 atom stereocenters. The summed E-state index contributed by atoms with van der Waals surface area (Å²) >= 11 is 0. The first-order valence-electron chi connectivity index (χ1n) is 6.46. The average molecular weight is 282 g/mol. The number of carbonyl (C=O) groups excluding carboxylic acids is 1. The number of phenols is 1. The van der Waals surface area contributed by atoms with Crippen molar-refractivity contribution < 1.29 is 19.4 Å². The molecule has 2 aromatic carbocycles. The van der Waals surface area contributed by atoms with Crippen molar-refractivity contribution in [3.05, 3.63) is 52.6 Å². The molecule has 4 heteroatoms. The maximum atomic E-state index is 12.8. The second-order valence-corrected chi connectivity index (χ2v) is 4.70. The Morgan fingerprint density at radius 1 is 1.00 bits per heavy atom. The van der Waals surface area contributed by atoms with Crippen molar-refractivity contribution in [1.29, 1.82) is 0 Å². The highest BCUT2D eigenvalue weighted by atomic mass is 16.5. The summed E-state index contributed by atoms with van der Waals surface area (Å²) in [7, 11) is 2.98. The van der Waals surface area contributed by atoms with Gasteiger partial charge in [0.25, 0.3) is 0 Å². The maximum absolute atomic E-state index is 12.8. The van der Waals surface area contributed by atoms with E-state index in [2.05, 4.69) is 0 Å². The van der Waals surface area contributed by atoms with Crippen LogP contribution >= 0.6 is 0 Å². The number of benzene rings is 2. The lowest BCUT2D eigenvalue weighted by molar-refractivity contribution is 0.103. The van der Waals surface area contributed by atoms with E-state index in [1.165, 1.54) is 14.2 Å². The van der Waals surface area contributed by atoms with Crippen molar-refractivity contribution in [2.45, 2.75) is 0 Å². The largest absolute Gasteiger partial charge is 0.507 e. The summed E-state index contributed by atoms with van der Waals surface area (Å²) in [6, 6.07) is 8.39. The van der Waals surface area contributed by atoms with Gasteiger partial charge in [0.05, 0.1) is 19.8 Å². The first-order valence-corrected chi connectivity index (χ1v) is 6.46. The Kier molecular flexibility index (Phi) is 3.14. The van der Waals surface area contributed by atoms with Gasteiger partial charge in [0.15, 0.2) is 0 Å². The molecule has 2 aromatic rings. The summed E-state index contributed by atoms with van der Waals surface area (Å²) in [4.78, 5) is 12.8. The Hall–Kier alpha value is -2.75. The van der Waals surface area contributed by atoms with Crippen molar-refractivity contribution in [3.63, 3.8) is 0 Å². The fraction of sp³-hybridized carbons (Fsp3) is 0.118. The van der Waals surface area contributed by atoms with Gasteiger partial charge in [0, 0.05) is 0 Å². The highest BCUT2D eigenvalue weighted by Crippen LogP contribution is 2.36. The molecule has 0 heterocycles. The van der Waals surface area contributed by atoms with Crippen LogP contribution in [0.15, 0.2) is 30.3 Å². The normalized spacial score (nSPS) is 11.5. The SMILES string of the molecule is COc1cccc(OC)c1C(=O)c1cc2c(cc1O)C=C2. The van der Waals surface area contributed by atoms with Crippen LogP contribution in [0.1, 0.15) is 27.0 Å². The smallest absolute Gasteiger partial charge is 0.204 e. The fourth-order valence-electron chi connectivity index (χ4n) is 2.38. The molecule has 0 spiro atoms. The van der Waals surface area contributed by atoms with Crippen molar-refractivity contribution >= 4 is 17.9 Å². The quantitative estimate of drug-likeness (QED) is 0.747.